The fraction of sp³-hybridized carbons (Fsp3) is 0.714. The summed E-state index contributed by atoms with van der Waals surface area (Å²) in [5, 5.41) is 9.84. The van der Waals surface area contributed by atoms with E-state index in [1.807, 2.05) is 0 Å². The third kappa shape index (κ3) is 3.00. The minimum absolute atomic E-state index is 0.754. The standard InChI is InChI=1S/C7H13N3O3/c11-6(7(12)9-13)8-10-4-2-1-3-5-10/h13H,1-5H2,(H,8,11)(H,9,12). The van der Waals surface area contributed by atoms with Crippen LogP contribution in [-0.2, 0) is 9.59 Å². The molecule has 0 aromatic rings. The van der Waals surface area contributed by atoms with Crippen LogP contribution in [0.1, 0.15) is 19.3 Å². The van der Waals surface area contributed by atoms with Crippen LogP contribution in [0.25, 0.3) is 0 Å². The zero-order chi connectivity index (χ0) is 9.68. The smallest absolute Gasteiger partial charge is 0.288 e. The van der Waals surface area contributed by atoms with Crippen LogP contribution < -0.4 is 10.9 Å². The number of nitrogens with one attached hydrogen (secondary N) is 2. The van der Waals surface area contributed by atoms with Gasteiger partial charge in [0, 0.05) is 13.1 Å². The lowest BCUT2D eigenvalue weighted by Crippen LogP contribution is -2.50. The van der Waals surface area contributed by atoms with Crippen molar-refractivity contribution in [1.29, 1.82) is 0 Å². The van der Waals surface area contributed by atoms with Gasteiger partial charge in [0.15, 0.2) is 0 Å². The predicted molar refractivity (Wildman–Crippen MR) is 43.5 cm³/mol. The normalized spacial score (nSPS) is 17.9. The lowest BCUT2D eigenvalue weighted by Gasteiger charge is -2.26. The highest BCUT2D eigenvalue weighted by Crippen LogP contribution is 2.05. The third-order valence-electron chi connectivity index (χ3n) is 1.92. The fourth-order valence-corrected chi connectivity index (χ4v) is 1.25. The Labute approximate surface area is 75.8 Å². The van der Waals surface area contributed by atoms with E-state index < -0.39 is 11.8 Å². The van der Waals surface area contributed by atoms with Crippen molar-refractivity contribution >= 4 is 11.8 Å². The third-order valence-corrected chi connectivity index (χ3v) is 1.92. The Morgan fingerprint density at radius 1 is 1.08 bits per heavy atom. The molecular formula is C7H13N3O3. The number of nitrogens with zero attached hydrogens (tertiary/aromatic N) is 1. The van der Waals surface area contributed by atoms with E-state index in [4.69, 9.17) is 5.21 Å². The lowest BCUT2D eigenvalue weighted by atomic mass is 10.2. The van der Waals surface area contributed by atoms with Gasteiger partial charge in [0.05, 0.1) is 0 Å². The van der Waals surface area contributed by atoms with Crippen molar-refractivity contribution in [2.24, 2.45) is 0 Å². The molecule has 1 saturated heterocycles. The van der Waals surface area contributed by atoms with Crippen molar-refractivity contribution in [2.75, 3.05) is 13.1 Å². The summed E-state index contributed by atoms with van der Waals surface area (Å²) >= 11 is 0. The number of hydrazine groups is 1. The molecule has 0 unspecified atom stereocenters. The topological polar surface area (TPSA) is 81.7 Å². The summed E-state index contributed by atoms with van der Waals surface area (Å²) < 4.78 is 0. The van der Waals surface area contributed by atoms with Crippen molar-refractivity contribution in [1.82, 2.24) is 15.9 Å². The van der Waals surface area contributed by atoms with Crippen LogP contribution in [0.5, 0.6) is 0 Å². The van der Waals surface area contributed by atoms with Gasteiger partial charge in [0.2, 0.25) is 0 Å². The van der Waals surface area contributed by atoms with E-state index in [1.165, 1.54) is 5.48 Å². The Balaban J connectivity index is 2.30. The molecule has 13 heavy (non-hydrogen) atoms. The highest BCUT2D eigenvalue weighted by molar-refractivity contribution is 6.34. The van der Waals surface area contributed by atoms with Crippen LogP contribution in [0.15, 0.2) is 0 Å². The van der Waals surface area contributed by atoms with Gasteiger partial charge in [0.1, 0.15) is 0 Å². The van der Waals surface area contributed by atoms with Gasteiger partial charge in [-0.25, -0.2) is 10.5 Å². The Morgan fingerprint density at radius 2 is 1.69 bits per heavy atom. The minimum Gasteiger partial charge on any atom is -0.288 e. The monoisotopic (exact) mass is 187 g/mol. The molecule has 6 nitrogen and oxygen atoms in total. The molecule has 0 aromatic carbocycles. The summed E-state index contributed by atoms with van der Waals surface area (Å²) in [5.74, 6) is -1.87. The molecule has 0 radical (unpaired) electrons. The van der Waals surface area contributed by atoms with Crippen LogP contribution in [0, 0.1) is 0 Å². The molecular weight excluding hydrogens is 174 g/mol. The second-order valence-electron chi connectivity index (χ2n) is 2.93. The first kappa shape index (κ1) is 9.94. The van der Waals surface area contributed by atoms with Gasteiger partial charge in [0.25, 0.3) is 0 Å². The lowest BCUT2D eigenvalue weighted by molar-refractivity contribution is -0.147. The molecule has 74 valence electrons. The second-order valence-corrected chi connectivity index (χ2v) is 2.93. The first-order valence-electron chi connectivity index (χ1n) is 4.24. The van der Waals surface area contributed by atoms with Crippen LogP contribution in [-0.4, -0.2) is 35.1 Å². The summed E-state index contributed by atoms with van der Waals surface area (Å²) in [7, 11) is 0. The van der Waals surface area contributed by atoms with E-state index in [-0.39, 0.29) is 0 Å². The van der Waals surface area contributed by atoms with Gasteiger partial charge < -0.3 is 0 Å². The maximum Gasteiger partial charge on any atom is 0.333 e. The number of hydrogen-bond acceptors (Lipinski definition) is 4. The SMILES string of the molecule is O=C(NO)C(=O)NN1CCCCC1. The number of rotatable bonds is 1. The van der Waals surface area contributed by atoms with Crippen molar-refractivity contribution in [3.63, 3.8) is 0 Å². The van der Waals surface area contributed by atoms with Crippen LogP contribution in [0.2, 0.25) is 0 Å². The van der Waals surface area contributed by atoms with Crippen LogP contribution in [0.3, 0.4) is 0 Å². The molecule has 0 bridgehead atoms. The first-order chi connectivity index (χ1) is 6.24. The number of amides is 2. The molecule has 6 heteroatoms. The van der Waals surface area contributed by atoms with Crippen molar-refractivity contribution in [2.45, 2.75) is 19.3 Å². The number of piperidine rings is 1. The molecule has 0 spiro atoms. The van der Waals surface area contributed by atoms with Gasteiger partial charge in [-0.2, -0.15) is 0 Å². The van der Waals surface area contributed by atoms with Crippen molar-refractivity contribution < 1.29 is 14.8 Å². The quantitative estimate of drug-likeness (QED) is 0.279. The summed E-state index contributed by atoms with van der Waals surface area (Å²) in [6, 6.07) is 0. The van der Waals surface area contributed by atoms with E-state index in [1.54, 1.807) is 5.01 Å². The molecule has 1 aliphatic rings. The molecule has 0 saturated carbocycles. The Bertz CT molecular complexity index is 201. The summed E-state index contributed by atoms with van der Waals surface area (Å²) in [6.45, 7) is 1.51. The number of carbonyl (C=O) groups excluding carboxylic acids is 2. The summed E-state index contributed by atoms with van der Waals surface area (Å²) in [4.78, 5) is 21.5. The molecule has 2 amide bonds. The molecule has 1 fully saturated rings. The summed E-state index contributed by atoms with van der Waals surface area (Å²) in [5.41, 5.74) is 3.67. The maximum atomic E-state index is 10.9. The van der Waals surface area contributed by atoms with Crippen molar-refractivity contribution in [3.05, 3.63) is 0 Å². The second kappa shape index (κ2) is 4.78. The summed E-state index contributed by atoms with van der Waals surface area (Å²) in [6.07, 6.45) is 3.18. The van der Waals surface area contributed by atoms with E-state index in [0.29, 0.717) is 0 Å². The van der Waals surface area contributed by atoms with Crippen molar-refractivity contribution in [3.8, 4) is 0 Å². The Morgan fingerprint density at radius 3 is 2.23 bits per heavy atom. The Hall–Kier alpha value is -1.14. The first-order valence-corrected chi connectivity index (χ1v) is 4.24. The average Bonchev–Trinajstić information content (AvgIpc) is 2.18. The predicted octanol–water partition coefficient (Wildman–Crippen LogP) is -0.991. The van der Waals surface area contributed by atoms with E-state index >= 15 is 0 Å². The van der Waals surface area contributed by atoms with Crippen LogP contribution in [0.4, 0.5) is 0 Å². The molecule has 0 atom stereocenters. The van der Waals surface area contributed by atoms with Gasteiger partial charge in [-0.1, -0.05) is 6.42 Å². The van der Waals surface area contributed by atoms with E-state index in [9.17, 15) is 9.59 Å². The zero-order valence-electron chi connectivity index (χ0n) is 7.25. The average molecular weight is 187 g/mol. The van der Waals surface area contributed by atoms with Gasteiger partial charge >= 0.3 is 11.8 Å². The van der Waals surface area contributed by atoms with Crippen LogP contribution >= 0.6 is 0 Å². The highest BCUT2D eigenvalue weighted by atomic mass is 16.5. The molecule has 0 aliphatic carbocycles. The molecule has 3 N–H and O–H groups in total. The van der Waals surface area contributed by atoms with E-state index in [2.05, 4.69) is 5.43 Å². The molecule has 1 heterocycles. The van der Waals surface area contributed by atoms with E-state index in [0.717, 1.165) is 32.4 Å². The van der Waals surface area contributed by atoms with Gasteiger partial charge in [-0.05, 0) is 12.8 Å². The highest BCUT2D eigenvalue weighted by Gasteiger charge is 2.17. The maximum absolute atomic E-state index is 10.9. The van der Waals surface area contributed by atoms with Gasteiger partial charge in [-0.3, -0.25) is 20.2 Å². The zero-order valence-corrected chi connectivity index (χ0v) is 7.25. The molecule has 1 rings (SSSR count). The Kier molecular flexibility index (Phi) is 3.66. The number of hydrogen-bond donors (Lipinski definition) is 3. The fourth-order valence-electron chi connectivity index (χ4n) is 1.25. The molecule has 1 aliphatic heterocycles. The number of carbonyl (C=O) groups is 2. The largest absolute Gasteiger partial charge is 0.333 e. The molecule has 0 aromatic heterocycles. The van der Waals surface area contributed by atoms with Gasteiger partial charge in [-0.15, -0.1) is 0 Å². The minimum atomic E-state index is -1.04. The number of hydroxylamine groups is 1.